The van der Waals surface area contributed by atoms with Crippen LogP contribution in [0.2, 0.25) is 0 Å². The summed E-state index contributed by atoms with van der Waals surface area (Å²) in [5, 5.41) is 0. The van der Waals surface area contributed by atoms with Crippen LogP contribution in [0.1, 0.15) is 13.8 Å². The van der Waals surface area contributed by atoms with Crippen LogP contribution in [0.5, 0.6) is 0 Å². The Labute approximate surface area is 52.9 Å². The van der Waals surface area contributed by atoms with E-state index in [9.17, 15) is 0 Å². The topological polar surface area (TPSA) is 0 Å². The smallest absolute Gasteiger partial charge is 0.0735 e. The van der Waals surface area contributed by atoms with E-state index < -0.39 is 0 Å². The average molecular weight is 115 g/mol. The fourth-order valence-corrected chi connectivity index (χ4v) is 0.540. The Morgan fingerprint density at radius 2 is 1.62 bits per heavy atom. The van der Waals surface area contributed by atoms with Crippen LogP contribution in [0.4, 0.5) is 0 Å². The van der Waals surface area contributed by atoms with Crippen molar-refractivity contribution >= 4 is 0 Å². The van der Waals surface area contributed by atoms with Gasteiger partial charge in [-0.3, -0.25) is 6.92 Å². The summed E-state index contributed by atoms with van der Waals surface area (Å²) in [6.07, 6.45) is 0. The number of rotatable bonds is 3. The summed E-state index contributed by atoms with van der Waals surface area (Å²) in [5.74, 6) is 0. The molecule has 0 aromatic rings. The minimum atomic E-state index is 1.01. The Hall–Kier alpha value is -0.0400. The number of quaternary nitrogens is 1. The van der Waals surface area contributed by atoms with Crippen molar-refractivity contribution in [1.29, 1.82) is 0 Å². The Morgan fingerprint density at radius 3 is 1.62 bits per heavy atom. The van der Waals surface area contributed by atoms with Gasteiger partial charge in [0.05, 0.1) is 20.1 Å². The highest BCUT2D eigenvalue weighted by molar-refractivity contribution is 4.34. The number of nitrogens with zero attached hydrogens (tertiary/aromatic N) is 1. The Kier molecular flexibility index (Phi) is 3.06. The van der Waals surface area contributed by atoms with Gasteiger partial charge in [-0.2, -0.15) is 0 Å². The zero-order valence-corrected chi connectivity index (χ0v) is 6.28. The summed E-state index contributed by atoms with van der Waals surface area (Å²) >= 11 is 0. The molecule has 8 heavy (non-hydrogen) atoms. The van der Waals surface area contributed by atoms with Crippen LogP contribution in [-0.2, 0) is 0 Å². The number of hydrogen-bond acceptors (Lipinski definition) is 0. The quantitative estimate of drug-likeness (QED) is 0.384. The molecule has 0 heterocycles. The third-order valence-corrected chi connectivity index (χ3v) is 2.07. The largest absolute Gasteiger partial charge is 0.352 e. The van der Waals surface area contributed by atoms with Gasteiger partial charge >= 0.3 is 0 Å². The van der Waals surface area contributed by atoms with Gasteiger partial charge in [-0.05, 0) is 20.4 Å². The van der Waals surface area contributed by atoms with Crippen molar-refractivity contribution < 1.29 is 4.48 Å². The molecule has 0 saturated heterocycles. The molecule has 1 nitrogen and oxygen atoms in total. The second-order valence-corrected chi connectivity index (χ2v) is 2.48. The maximum absolute atomic E-state index is 3.87. The van der Waals surface area contributed by atoms with E-state index in [1.165, 1.54) is 13.1 Å². The normalized spacial score (nSPS) is 12.0. The molecule has 0 bridgehead atoms. The van der Waals surface area contributed by atoms with Crippen molar-refractivity contribution in [3.8, 4) is 0 Å². The molecule has 0 spiro atoms. The van der Waals surface area contributed by atoms with Gasteiger partial charge in [0.25, 0.3) is 0 Å². The third-order valence-electron chi connectivity index (χ3n) is 2.07. The first kappa shape index (κ1) is 7.96. The van der Waals surface area contributed by atoms with E-state index >= 15 is 0 Å². The van der Waals surface area contributed by atoms with E-state index in [-0.39, 0.29) is 0 Å². The molecule has 0 rings (SSSR count). The van der Waals surface area contributed by atoms with Crippen LogP contribution < -0.4 is 0 Å². The minimum absolute atomic E-state index is 1.01. The standard InChI is InChI=1S/C7H17N/c1-5-8(4,6-2)7-3/h1,5-7H2,2-4H3. The summed E-state index contributed by atoms with van der Waals surface area (Å²) in [7, 11) is 2.23. The lowest BCUT2D eigenvalue weighted by Crippen LogP contribution is -2.43. The van der Waals surface area contributed by atoms with E-state index in [2.05, 4.69) is 27.8 Å². The van der Waals surface area contributed by atoms with E-state index in [0.29, 0.717) is 0 Å². The SMILES string of the molecule is [CH2-]C[N+](C)(CC)CC. The molecule has 1 heteroatoms. The highest BCUT2D eigenvalue weighted by atomic mass is 15.3. The average Bonchev–Trinajstić information content (AvgIpc) is 1.87. The van der Waals surface area contributed by atoms with E-state index in [0.717, 1.165) is 11.0 Å². The molecule has 0 aromatic heterocycles. The van der Waals surface area contributed by atoms with Crippen molar-refractivity contribution in [2.24, 2.45) is 0 Å². The predicted octanol–water partition coefficient (Wildman–Crippen LogP) is 1.31. The molecule has 0 aliphatic heterocycles. The molecule has 0 fully saturated rings. The van der Waals surface area contributed by atoms with Crippen molar-refractivity contribution in [3.63, 3.8) is 0 Å². The van der Waals surface area contributed by atoms with Crippen LogP contribution >= 0.6 is 0 Å². The summed E-state index contributed by atoms with van der Waals surface area (Å²) in [5.41, 5.74) is 0. The summed E-state index contributed by atoms with van der Waals surface area (Å²) < 4.78 is 1.10. The second-order valence-electron chi connectivity index (χ2n) is 2.48. The molecule has 0 N–H and O–H groups in total. The Bertz CT molecular complexity index is 47.1. The summed E-state index contributed by atoms with van der Waals surface area (Å²) in [6.45, 7) is 11.7. The summed E-state index contributed by atoms with van der Waals surface area (Å²) in [6, 6.07) is 0. The lowest BCUT2D eigenvalue weighted by Gasteiger charge is -2.33. The van der Waals surface area contributed by atoms with E-state index in [1.54, 1.807) is 0 Å². The predicted molar refractivity (Wildman–Crippen MR) is 37.5 cm³/mol. The molecule has 0 radical (unpaired) electrons. The number of hydrogen-bond donors (Lipinski definition) is 0. The molecule has 50 valence electrons. The van der Waals surface area contributed by atoms with Gasteiger partial charge in [0.15, 0.2) is 0 Å². The lowest BCUT2D eigenvalue weighted by molar-refractivity contribution is -0.901. The molecule has 0 aromatic carbocycles. The lowest BCUT2D eigenvalue weighted by atomic mass is 10.4. The first-order chi connectivity index (χ1) is 3.68. The van der Waals surface area contributed by atoms with Crippen LogP contribution in [0.15, 0.2) is 0 Å². The van der Waals surface area contributed by atoms with Crippen LogP contribution in [-0.4, -0.2) is 31.2 Å². The van der Waals surface area contributed by atoms with Crippen LogP contribution in [0, 0.1) is 6.92 Å². The zero-order valence-electron chi connectivity index (χ0n) is 6.28. The van der Waals surface area contributed by atoms with E-state index in [1.807, 2.05) is 0 Å². The van der Waals surface area contributed by atoms with Crippen molar-refractivity contribution in [2.45, 2.75) is 13.8 Å². The summed E-state index contributed by atoms with van der Waals surface area (Å²) in [4.78, 5) is 0. The van der Waals surface area contributed by atoms with Gasteiger partial charge in [-0.15, -0.1) is 0 Å². The Morgan fingerprint density at radius 1 is 1.25 bits per heavy atom. The van der Waals surface area contributed by atoms with Crippen molar-refractivity contribution in [1.82, 2.24) is 0 Å². The molecular formula is C7H17N. The third kappa shape index (κ3) is 1.83. The first-order valence-corrected chi connectivity index (χ1v) is 3.31. The second kappa shape index (κ2) is 3.08. The van der Waals surface area contributed by atoms with E-state index in [4.69, 9.17) is 0 Å². The maximum Gasteiger partial charge on any atom is 0.0735 e. The molecule has 0 unspecified atom stereocenters. The van der Waals surface area contributed by atoms with Crippen molar-refractivity contribution in [2.75, 3.05) is 26.7 Å². The van der Waals surface area contributed by atoms with Crippen LogP contribution in [0.25, 0.3) is 0 Å². The van der Waals surface area contributed by atoms with Crippen molar-refractivity contribution in [3.05, 3.63) is 6.92 Å². The van der Waals surface area contributed by atoms with Gasteiger partial charge in [0.1, 0.15) is 0 Å². The van der Waals surface area contributed by atoms with Gasteiger partial charge in [-0.1, -0.05) is 0 Å². The van der Waals surface area contributed by atoms with Gasteiger partial charge < -0.3 is 4.48 Å². The monoisotopic (exact) mass is 115 g/mol. The molecule has 0 atom stereocenters. The molecule has 0 amide bonds. The Balaban J connectivity index is 3.58. The van der Waals surface area contributed by atoms with Gasteiger partial charge in [-0.25, -0.2) is 0 Å². The molecule has 0 aliphatic rings. The van der Waals surface area contributed by atoms with Crippen LogP contribution in [0.3, 0.4) is 0 Å². The van der Waals surface area contributed by atoms with Gasteiger partial charge in [0, 0.05) is 0 Å². The molecule has 0 aliphatic carbocycles. The zero-order chi connectivity index (χ0) is 6.62. The van der Waals surface area contributed by atoms with Gasteiger partial charge in [0.2, 0.25) is 0 Å². The highest BCUT2D eigenvalue weighted by Gasteiger charge is 2.07. The minimum Gasteiger partial charge on any atom is -0.352 e. The first-order valence-electron chi connectivity index (χ1n) is 3.31. The molecular weight excluding hydrogens is 98.1 g/mol. The maximum atomic E-state index is 3.87. The highest BCUT2D eigenvalue weighted by Crippen LogP contribution is 1.97. The fourth-order valence-electron chi connectivity index (χ4n) is 0.540. The molecule has 0 saturated carbocycles. The fraction of sp³-hybridized carbons (Fsp3) is 0.857.